The SMILES string of the molecule is O=C1/C(=C/c2cc(Br)cc3c2OCOC3)Oc2c1ccc1c2CN(Cc2cccnc2)CO1. The summed E-state index contributed by atoms with van der Waals surface area (Å²) < 4.78 is 24.1. The molecule has 2 aromatic carbocycles. The molecule has 0 unspecified atom stereocenters. The van der Waals surface area contributed by atoms with Gasteiger partial charge in [0, 0.05) is 41.1 Å². The van der Waals surface area contributed by atoms with Crippen LogP contribution in [-0.4, -0.2) is 29.2 Å². The maximum Gasteiger partial charge on any atom is 0.231 e. The fourth-order valence-corrected chi connectivity index (χ4v) is 4.84. The lowest BCUT2D eigenvalue weighted by atomic mass is 10.0. The minimum atomic E-state index is -0.155. The Labute approximate surface area is 198 Å². The van der Waals surface area contributed by atoms with E-state index in [4.69, 9.17) is 18.9 Å². The molecule has 6 rings (SSSR count). The summed E-state index contributed by atoms with van der Waals surface area (Å²) in [5.41, 5.74) is 4.20. The first-order valence-electron chi connectivity index (χ1n) is 10.5. The van der Waals surface area contributed by atoms with Crippen molar-refractivity contribution in [3.05, 3.63) is 86.8 Å². The number of hydrogen-bond donors (Lipinski definition) is 0. The minimum Gasteiger partial charge on any atom is -0.478 e. The Hall–Kier alpha value is -3.20. The van der Waals surface area contributed by atoms with Crippen molar-refractivity contribution in [3.8, 4) is 17.2 Å². The topological polar surface area (TPSA) is 70.1 Å². The highest BCUT2D eigenvalue weighted by atomic mass is 79.9. The highest BCUT2D eigenvalue weighted by Crippen LogP contribution is 2.43. The van der Waals surface area contributed by atoms with Gasteiger partial charge < -0.3 is 18.9 Å². The van der Waals surface area contributed by atoms with E-state index in [-0.39, 0.29) is 18.3 Å². The summed E-state index contributed by atoms with van der Waals surface area (Å²) in [6.07, 6.45) is 5.34. The quantitative estimate of drug-likeness (QED) is 0.477. The maximum absolute atomic E-state index is 13.2. The highest BCUT2D eigenvalue weighted by molar-refractivity contribution is 9.10. The number of nitrogens with zero attached hydrogens (tertiary/aromatic N) is 2. The standard InChI is InChI=1S/C25H19BrN2O5/c26-18-6-16(24-17(7-18)12-30-14-32-24)8-22-23(29)19-3-4-21-20(25(19)33-22)11-28(13-31-21)10-15-2-1-5-27-9-15/h1-9H,10-14H2/b22-8-. The Kier molecular flexibility index (Phi) is 5.13. The van der Waals surface area contributed by atoms with Gasteiger partial charge in [-0.3, -0.25) is 14.7 Å². The summed E-state index contributed by atoms with van der Waals surface area (Å²) in [5, 5.41) is 0. The second kappa shape index (κ2) is 8.30. The monoisotopic (exact) mass is 506 g/mol. The molecule has 1 aromatic heterocycles. The van der Waals surface area contributed by atoms with E-state index in [1.807, 2.05) is 36.5 Å². The van der Waals surface area contributed by atoms with E-state index in [9.17, 15) is 4.79 Å². The van der Waals surface area contributed by atoms with Gasteiger partial charge in [-0.2, -0.15) is 0 Å². The van der Waals surface area contributed by atoms with E-state index in [0.29, 0.717) is 43.5 Å². The molecule has 0 saturated heterocycles. The number of carbonyl (C=O) groups excluding carboxylic acids is 1. The van der Waals surface area contributed by atoms with E-state index in [1.54, 1.807) is 18.3 Å². The van der Waals surface area contributed by atoms with Crippen LogP contribution in [0.2, 0.25) is 0 Å². The van der Waals surface area contributed by atoms with Crippen LogP contribution in [0.4, 0.5) is 0 Å². The van der Waals surface area contributed by atoms with Crippen molar-refractivity contribution in [3.63, 3.8) is 0 Å². The molecule has 8 heteroatoms. The molecule has 3 aliphatic heterocycles. The summed E-state index contributed by atoms with van der Waals surface area (Å²) in [6.45, 7) is 2.40. The van der Waals surface area contributed by atoms with Crippen molar-refractivity contribution < 1.29 is 23.7 Å². The first-order chi connectivity index (χ1) is 16.2. The lowest BCUT2D eigenvalue weighted by Gasteiger charge is -2.29. The van der Waals surface area contributed by atoms with Gasteiger partial charge in [-0.05, 0) is 42.0 Å². The number of Topliss-reactive ketones (excluding diaryl/α,β-unsaturated/α-hetero) is 1. The third-order valence-electron chi connectivity index (χ3n) is 5.80. The van der Waals surface area contributed by atoms with Crippen LogP contribution < -0.4 is 14.2 Å². The number of halogens is 1. The Morgan fingerprint density at radius 2 is 2.09 bits per heavy atom. The molecule has 3 aliphatic rings. The lowest BCUT2D eigenvalue weighted by Crippen LogP contribution is -2.31. The summed E-state index contributed by atoms with van der Waals surface area (Å²) in [4.78, 5) is 19.5. The third kappa shape index (κ3) is 3.80. The molecule has 0 atom stereocenters. The predicted molar refractivity (Wildman–Crippen MR) is 123 cm³/mol. The third-order valence-corrected chi connectivity index (χ3v) is 6.26. The van der Waals surface area contributed by atoms with E-state index in [1.165, 1.54) is 0 Å². The van der Waals surface area contributed by atoms with E-state index >= 15 is 0 Å². The Morgan fingerprint density at radius 3 is 2.97 bits per heavy atom. The largest absolute Gasteiger partial charge is 0.478 e. The zero-order chi connectivity index (χ0) is 22.4. The van der Waals surface area contributed by atoms with Gasteiger partial charge >= 0.3 is 0 Å². The lowest BCUT2D eigenvalue weighted by molar-refractivity contribution is -0.0165. The van der Waals surface area contributed by atoms with Crippen molar-refractivity contribution in [1.82, 2.24) is 9.88 Å². The molecule has 0 amide bonds. The fourth-order valence-electron chi connectivity index (χ4n) is 4.31. The smallest absolute Gasteiger partial charge is 0.231 e. The number of fused-ring (bicyclic) bond motifs is 4. The molecule has 4 heterocycles. The van der Waals surface area contributed by atoms with Crippen LogP contribution in [0.25, 0.3) is 6.08 Å². The van der Waals surface area contributed by atoms with Crippen LogP contribution in [0.15, 0.2) is 59.0 Å². The molecule has 33 heavy (non-hydrogen) atoms. The number of rotatable bonds is 3. The average Bonchev–Trinajstić information content (AvgIpc) is 3.15. The van der Waals surface area contributed by atoms with Gasteiger partial charge in [-0.25, -0.2) is 0 Å². The Bertz CT molecular complexity index is 1290. The second-order valence-electron chi connectivity index (χ2n) is 8.07. The zero-order valence-corrected chi connectivity index (χ0v) is 19.1. The van der Waals surface area contributed by atoms with Gasteiger partial charge in [0.25, 0.3) is 0 Å². The zero-order valence-electron chi connectivity index (χ0n) is 17.5. The van der Waals surface area contributed by atoms with Crippen LogP contribution in [0.1, 0.15) is 32.6 Å². The molecule has 0 radical (unpaired) electrons. The van der Waals surface area contributed by atoms with Crippen LogP contribution in [0.3, 0.4) is 0 Å². The predicted octanol–water partition coefficient (Wildman–Crippen LogP) is 4.68. The summed E-state index contributed by atoms with van der Waals surface area (Å²) in [6, 6.07) is 11.4. The van der Waals surface area contributed by atoms with Gasteiger partial charge in [0.1, 0.15) is 24.0 Å². The highest BCUT2D eigenvalue weighted by Gasteiger charge is 2.34. The van der Waals surface area contributed by atoms with Gasteiger partial charge in [-0.1, -0.05) is 22.0 Å². The Morgan fingerprint density at radius 1 is 1.15 bits per heavy atom. The van der Waals surface area contributed by atoms with Crippen LogP contribution >= 0.6 is 15.9 Å². The van der Waals surface area contributed by atoms with Gasteiger partial charge in [-0.15, -0.1) is 0 Å². The molecule has 0 aliphatic carbocycles. The molecule has 0 spiro atoms. The number of benzene rings is 2. The molecular formula is C25H19BrN2O5. The summed E-state index contributed by atoms with van der Waals surface area (Å²) >= 11 is 3.52. The van der Waals surface area contributed by atoms with Gasteiger partial charge in [0.2, 0.25) is 5.78 Å². The van der Waals surface area contributed by atoms with E-state index < -0.39 is 0 Å². The number of carbonyl (C=O) groups is 1. The summed E-state index contributed by atoms with van der Waals surface area (Å²) in [7, 11) is 0. The number of ether oxygens (including phenoxy) is 4. The summed E-state index contributed by atoms with van der Waals surface area (Å²) in [5.74, 6) is 2.12. The molecule has 0 N–H and O–H groups in total. The number of ketones is 1. The number of allylic oxidation sites excluding steroid dienone is 1. The second-order valence-corrected chi connectivity index (χ2v) is 8.99. The van der Waals surface area contributed by atoms with Gasteiger partial charge in [0.15, 0.2) is 12.6 Å². The number of hydrogen-bond acceptors (Lipinski definition) is 7. The van der Waals surface area contributed by atoms with Crippen molar-refractivity contribution in [2.24, 2.45) is 0 Å². The van der Waals surface area contributed by atoms with E-state index in [0.717, 1.165) is 32.5 Å². The number of pyridine rings is 1. The Balaban J connectivity index is 1.32. The first-order valence-corrected chi connectivity index (χ1v) is 11.3. The fraction of sp³-hybridized carbons (Fsp3) is 0.200. The van der Waals surface area contributed by atoms with Gasteiger partial charge in [0.05, 0.1) is 17.7 Å². The molecule has 166 valence electrons. The molecule has 3 aromatic rings. The minimum absolute atomic E-state index is 0.155. The van der Waals surface area contributed by atoms with Crippen LogP contribution in [-0.2, 0) is 24.4 Å². The average molecular weight is 507 g/mol. The molecule has 0 fully saturated rings. The molecule has 7 nitrogen and oxygen atoms in total. The van der Waals surface area contributed by atoms with Crippen molar-refractivity contribution in [1.29, 1.82) is 0 Å². The van der Waals surface area contributed by atoms with Crippen LogP contribution in [0.5, 0.6) is 17.2 Å². The van der Waals surface area contributed by atoms with Crippen molar-refractivity contribution in [2.75, 3.05) is 13.5 Å². The maximum atomic E-state index is 13.2. The molecule has 0 saturated carbocycles. The van der Waals surface area contributed by atoms with Crippen molar-refractivity contribution >= 4 is 27.8 Å². The van der Waals surface area contributed by atoms with Crippen molar-refractivity contribution in [2.45, 2.75) is 19.7 Å². The molecule has 0 bridgehead atoms. The molecular weight excluding hydrogens is 488 g/mol. The normalized spacial score (nSPS) is 18.1. The number of aromatic nitrogens is 1. The first kappa shape index (κ1) is 20.4. The van der Waals surface area contributed by atoms with Crippen LogP contribution in [0, 0.1) is 0 Å². The van der Waals surface area contributed by atoms with E-state index in [2.05, 4.69) is 25.8 Å².